The first kappa shape index (κ1) is 20.7. The number of hydrogen-bond donors (Lipinski definition) is 3. The number of esters is 1. The van der Waals surface area contributed by atoms with Crippen LogP contribution in [-0.2, 0) is 16.1 Å². The van der Waals surface area contributed by atoms with Gasteiger partial charge in [0.15, 0.2) is 0 Å². The Morgan fingerprint density at radius 1 is 1.28 bits per heavy atom. The number of carbonyl (C=O) groups excluding carboxylic acids is 1. The fraction of sp³-hybridized carbons (Fsp3) is 0.350. The van der Waals surface area contributed by atoms with E-state index in [4.69, 9.17) is 0 Å². The molecule has 134 valence electrons. The second kappa shape index (κ2) is 12.0. The van der Waals surface area contributed by atoms with Crippen molar-refractivity contribution in [3.8, 4) is 11.8 Å². The van der Waals surface area contributed by atoms with Crippen LogP contribution in [0.5, 0.6) is 0 Å². The Bertz CT molecular complexity index is 652. The molecule has 1 rings (SSSR count). The maximum absolute atomic E-state index is 11.0. The van der Waals surface area contributed by atoms with Crippen molar-refractivity contribution < 1.29 is 24.9 Å². The number of aliphatic hydroxyl groups is 3. The zero-order valence-corrected chi connectivity index (χ0v) is 14.3. The van der Waals surface area contributed by atoms with Crippen molar-refractivity contribution in [2.24, 2.45) is 0 Å². The molecule has 0 aliphatic rings. The van der Waals surface area contributed by atoms with Crippen LogP contribution in [0.1, 0.15) is 30.4 Å². The number of methoxy groups -OCH3 is 1. The number of rotatable bonds is 8. The van der Waals surface area contributed by atoms with Crippen LogP contribution >= 0.6 is 0 Å². The molecule has 0 aliphatic heterocycles. The molecule has 0 radical (unpaired) electrons. The molecule has 0 fully saturated rings. The number of carbonyl (C=O) groups is 1. The highest BCUT2D eigenvalue weighted by molar-refractivity contribution is 5.68. The van der Waals surface area contributed by atoms with Gasteiger partial charge in [-0.05, 0) is 30.5 Å². The van der Waals surface area contributed by atoms with Gasteiger partial charge in [0.25, 0.3) is 0 Å². The van der Waals surface area contributed by atoms with Gasteiger partial charge in [0.05, 0.1) is 25.9 Å². The van der Waals surface area contributed by atoms with Gasteiger partial charge in [-0.2, -0.15) is 0 Å². The van der Waals surface area contributed by atoms with E-state index in [0.717, 1.165) is 11.1 Å². The Labute approximate surface area is 148 Å². The van der Waals surface area contributed by atoms with Crippen molar-refractivity contribution in [2.45, 2.75) is 38.1 Å². The van der Waals surface area contributed by atoms with E-state index >= 15 is 0 Å². The molecule has 0 saturated carbocycles. The molecular formula is C20H24O5. The summed E-state index contributed by atoms with van der Waals surface area (Å²) < 4.78 is 4.51. The van der Waals surface area contributed by atoms with Gasteiger partial charge in [-0.15, -0.1) is 0 Å². The van der Waals surface area contributed by atoms with E-state index < -0.39 is 12.2 Å². The molecule has 5 nitrogen and oxygen atoms in total. The minimum absolute atomic E-state index is 0.0610. The van der Waals surface area contributed by atoms with Crippen LogP contribution in [0, 0.1) is 11.8 Å². The highest BCUT2D eigenvalue weighted by atomic mass is 16.5. The minimum Gasteiger partial charge on any atom is -0.469 e. The summed E-state index contributed by atoms with van der Waals surface area (Å²) in [5.74, 6) is 5.44. The Hall–Kier alpha value is -2.39. The van der Waals surface area contributed by atoms with Crippen molar-refractivity contribution in [3.63, 3.8) is 0 Å². The van der Waals surface area contributed by atoms with E-state index in [1.807, 2.05) is 24.3 Å². The Morgan fingerprint density at radius 3 is 2.76 bits per heavy atom. The third kappa shape index (κ3) is 8.32. The molecule has 0 unspecified atom stereocenters. The van der Waals surface area contributed by atoms with E-state index in [1.165, 1.54) is 13.2 Å². The molecular weight excluding hydrogens is 320 g/mol. The SMILES string of the molecule is COC(=O)CCC[C@H](O)[C@H](O)/C=C/C=C/C#Cc1ccccc1CO. The Morgan fingerprint density at radius 2 is 2.04 bits per heavy atom. The van der Waals surface area contributed by atoms with Gasteiger partial charge >= 0.3 is 5.97 Å². The molecule has 3 N–H and O–H groups in total. The first-order valence-corrected chi connectivity index (χ1v) is 8.05. The highest BCUT2D eigenvalue weighted by Gasteiger charge is 2.13. The molecule has 0 saturated heterocycles. The number of hydrogen-bond acceptors (Lipinski definition) is 5. The van der Waals surface area contributed by atoms with Gasteiger partial charge in [0, 0.05) is 12.0 Å². The number of benzene rings is 1. The largest absolute Gasteiger partial charge is 0.469 e. The molecule has 2 atom stereocenters. The second-order valence-corrected chi connectivity index (χ2v) is 5.35. The van der Waals surface area contributed by atoms with Crippen LogP contribution in [0.3, 0.4) is 0 Å². The smallest absolute Gasteiger partial charge is 0.305 e. The quantitative estimate of drug-likeness (QED) is 0.380. The van der Waals surface area contributed by atoms with E-state index in [2.05, 4.69) is 16.6 Å². The first-order valence-electron chi connectivity index (χ1n) is 8.05. The van der Waals surface area contributed by atoms with E-state index in [1.54, 1.807) is 18.2 Å². The van der Waals surface area contributed by atoms with Crippen LogP contribution in [0.2, 0.25) is 0 Å². The lowest BCUT2D eigenvalue weighted by Crippen LogP contribution is -2.23. The third-order valence-electron chi connectivity index (χ3n) is 3.50. The van der Waals surface area contributed by atoms with Crippen LogP contribution in [-0.4, -0.2) is 40.6 Å². The summed E-state index contributed by atoms with van der Waals surface area (Å²) in [6.07, 6.45) is 5.35. The Kier molecular flexibility index (Phi) is 9.95. The fourth-order valence-corrected chi connectivity index (χ4v) is 2.04. The van der Waals surface area contributed by atoms with Crippen LogP contribution in [0.4, 0.5) is 0 Å². The second-order valence-electron chi connectivity index (χ2n) is 5.35. The van der Waals surface area contributed by atoms with Gasteiger partial charge < -0.3 is 20.1 Å². The zero-order valence-electron chi connectivity index (χ0n) is 14.3. The predicted octanol–water partition coefficient (Wildman–Crippen LogP) is 1.71. The summed E-state index contributed by atoms with van der Waals surface area (Å²) in [6, 6.07) is 7.33. The summed E-state index contributed by atoms with van der Waals surface area (Å²) in [5, 5.41) is 28.8. The normalized spacial score (nSPS) is 13.4. The lowest BCUT2D eigenvalue weighted by Gasteiger charge is -2.13. The molecule has 0 bridgehead atoms. The van der Waals surface area contributed by atoms with Crippen molar-refractivity contribution >= 4 is 5.97 Å². The molecule has 0 amide bonds. The van der Waals surface area contributed by atoms with Crippen LogP contribution < -0.4 is 0 Å². The molecule has 0 heterocycles. The Balaban J connectivity index is 2.42. The summed E-state index contributed by atoms with van der Waals surface area (Å²) in [5.41, 5.74) is 1.53. The monoisotopic (exact) mass is 344 g/mol. The average Bonchev–Trinajstić information content (AvgIpc) is 2.64. The average molecular weight is 344 g/mol. The molecule has 1 aromatic carbocycles. The highest BCUT2D eigenvalue weighted by Crippen LogP contribution is 2.08. The van der Waals surface area contributed by atoms with Gasteiger partial charge in [-0.25, -0.2) is 0 Å². The zero-order chi connectivity index (χ0) is 18.5. The number of ether oxygens (including phenoxy) is 1. The van der Waals surface area contributed by atoms with Crippen molar-refractivity contribution in [3.05, 3.63) is 59.7 Å². The van der Waals surface area contributed by atoms with E-state index in [-0.39, 0.29) is 19.0 Å². The number of aliphatic hydroxyl groups excluding tert-OH is 3. The maximum atomic E-state index is 11.0. The van der Waals surface area contributed by atoms with Crippen LogP contribution in [0.15, 0.2) is 48.6 Å². The third-order valence-corrected chi connectivity index (χ3v) is 3.50. The van der Waals surface area contributed by atoms with Gasteiger partial charge in [-0.3, -0.25) is 4.79 Å². The first-order chi connectivity index (χ1) is 12.1. The van der Waals surface area contributed by atoms with Gasteiger partial charge in [0.1, 0.15) is 0 Å². The van der Waals surface area contributed by atoms with E-state index in [9.17, 15) is 20.1 Å². The molecule has 0 spiro atoms. The summed E-state index contributed by atoms with van der Waals surface area (Å²) >= 11 is 0. The summed E-state index contributed by atoms with van der Waals surface area (Å²) in [7, 11) is 1.31. The molecule has 5 heteroatoms. The lowest BCUT2D eigenvalue weighted by molar-refractivity contribution is -0.140. The summed E-state index contributed by atoms with van der Waals surface area (Å²) in [6.45, 7) is -0.0610. The van der Waals surface area contributed by atoms with E-state index in [0.29, 0.717) is 12.8 Å². The van der Waals surface area contributed by atoms with Gasteiger partial charge in [0.2, 0.25) is 0 Å². The molecule has 1 aromatic rings. The predicted molar refractivity (Wildman–Crippen MR) is 95.4 cm³/mol. The summed E-state index contributed by atoms with van der Waals surface area (Å²) in [4.78, 5) is 11.0. The minimum atomic E-state index is -1.01. The molecule has 0 aromatic heterocycles. The fourth-order valence-electron chi connectivity index (χ4n) is 2.04. The van der Waals surface area contributed by atoms with Crippen molar-refractivity contribution in [2.75, 3.05) is 7.11 Å². The topological polar surface area (TPSA) is 87.0 Å². The van der Waals surface area contributed by atoms with Gasteiger partial charge in [-0.1, -0.05) is 48.3 Å². The van der Waals surface area contributed by atoms with Crippen molar-refractivity contribution in [1.29, 1.82) is 0 Å². The molecule has 0 aliphatic carbocycles. The van der Waals surface area contributed by atoms with Crippen molar-refractivity contribution in [1.82, 2.24) is 0 Å². The standard InChI is InChI=1S/C20H24O5/c1-25-20(24)14-8-13-19(23)18(22)12-5-3-2-4-9-16-10-6-7-11-17(16)15-21/h2-3,5-7,10-12,18-19,21-23H,8,13-15H2,1H3/b3-2+,12-5+/t18-,19+/m1/s1. The van der Waals surface area contributed by atoms with Crippen LogP contribution in [0.25, 0.3) is 0 Å². The molecule has 25 heavy (non-hydrogen) atoms. The lowest BCUT2D eigenvalue weighted by atomic mass is 10.1. The number of allylic oxidation sites excluding steroid dienone is 3. The maximum Gasteiger partial charge on any atom is 0.305 e.